The number of hydrogen-bond donors (Lipinski definition) is 1. The quantitative estimate of drug-likeness (QED) is 0.743. The van der Waals surface area contributed by atoms with Crippen LogP contribution in [0.4, 0.5) is 0 Å². The number of rotatable bonds is 5. The number of hydrogen-bond acceptors (Lipinski definition) is 4. The Balaban J connectivity index is 2.46. The summed E-state index contributed by atoms with van der Waals surface area (Å²) >= 11 is 0. The summed E-state index contributed by atoms with van der Waals surface area (Å²) in [6.45, 7) is 6.35. The van der Waals surface area contributed by atoms with Crippen molar-refractivity contribution in [2.45, 2.75) is 26.3 Å². The minimum absolute atomic E-state index is 0.0458. The Morgan fingerprint density at radius 3 is 2.47 bits per heavy atom. The summed E-state index contributed by atoms with van der Waals surface area (Å²) in [6.07, 6.45) is 0.845. The molecule has 0 aromatic heterocycles. The molecular formula is C13H25N3O3. The standard InChI is InChI=1S/C13H25N3O3/c1-4-10(2)12(14)13(18)15(3)9-11(17)16-5-7-19-8-6-16/h10,12H,4-9,14H2,1-3H3. The molecule has 1 saturated heterocycles. The number of carbonyl (C=O) groups excluding carboxylic acids is 2. The first-order valence-corrected chi connectivity index (χ1v) is 6.83. The Labute approximate surface area is 114 Å². The molecule has 1 rings (SSSR count). The Hall–Kier alpha value is -1.14. The average molecular weight is 271 g/mol. The summed E-state index contributed by atoms with van der Waals surface area (Å²) in [5, 5.41) is 0. The molecule has 110 valence electrons. The predicted octanol–water partition coefficient (Wildman–Crippen LogP) is -0.323. The van der Waals surface area contributed by atoms with E-state index < -0.39 is 6.04 Å². The molecule has 0 aromatic rings. The summed E-state index contributed by atoms with van der Waals surface area (Å²) in [7, 11) is 1.63. The van der Waals surface area contributed by atoms with E-state index in [-0.39, 0.29) is 24.3 Å². The van der Waals surface area contributed by atoms with Crippen LogP contribution in [0.3, 0.4) is 0 Å². The fraction of sp³-hybridized carbons (Fsp3) is 0.846. The third-order valence-corrected chi connectivity index (χ3v) is 3.65. The number of amides is 2. The van der Waals surface area contributed by atoms with Crippen LogP contribution < -0.4 is 5.73 Å². The molecule has 0 aromatic carbocycles. The molecule has 0 saturated carbocycles. The highest BCUT2D eigenvalue weighted by atomic mass is 16.5. The molecule has 19 heavy (non-hydrogen) atoms. The van der Waals surface area contributed by atoms with Gasteiger partial charge in [0, 0.05) is 20.1 Å². The summed E-state index contributed by atoms with van der Waals surface area (Å²) in [5.74, 6) is -0.0973. The van der Waals surface area contributed by atoms with Gasteiger partial charge < -0.3 is 20.3 Å². The van der Waals surface area contributed by atoms with E-state index in [0.29, 0.717) is 26.3 Å². The third-order valence-electron chi connectivity index (χ3n) is 3.65. The zero-order valence-electron chi connectivity index (χ0n) is 12.1. The first-order valence-electron chi connectivity index (χ1n) is 6.83. The van der Waals surface area contributed by atoms with Crippen LogP contribution in [0.25, 0.3) is 0 Å². The van der Waals surface area contributed by atoms with E-state index in [2.05, 4.69) is 0 Å². The van der Waals surface area contributed by atoms with Gasteiger partial charge in [-0.2, -0.15) is 0 Å². The largest absolute Gasteiger partial charge is 0.378 e. The van der Waals surface area contributed by atoms with Gasteiger partial charge in [-0.05, 0) is 5.92 Å². The van der Waals surface area contributed by atoms with Crippen molar-refractivity contribution in [3.63, 3.8) is 0 Å². The number of ether oxygens (including phenoxy) is 1. The second-order valence-corrected chi connectivity index (χ2v) is 5.10. The first kappa shape index (κ1) is 15.9. The van der Waals surface area contributed by atoms with Gasteiger partial charge in [0.15, 0.2) is 0 Å². The van der Waals surface area contributed by atoms with Crippen LogP contribution in [0.15, 0.2) is 0 Å². The van der Waals surface area contributed by atoms with Gasteiger partial charge in [-0.1, -0.05) is 20.3 Å². The summed E-state index contributed by atoms with van der Waals surface area (Å²) < 4.78 is 5.19. The van der Waals surface area contributed by atoms with Gasteiger partial charge in [-0.15, -0.1) is 0 Å². The molecule has 0 bridgehead atoms. The molecule has 1 heterocycles. The Kier molecular flexibility index (Phi) is 6.24. The van der Waals surface area contributed by atoms with Gasteiger partial charge >= 0.3 is 0 Å². The van der Waals surface area contributed by atoms with Crippen LogP contribution in [-0.2, 0) is 14.3 Å². The topological polar surface area (TPSA) is 75.9 Å². The van der Waals surface area contributed by atoms with E-state index in [0.717, 1.165) is 6.42 Å². The fourth-order valence-electron chi connectivity index (χ4n) is 1.95. The van der Waals surface area contributed by atoms with E-state index in [1.54, 1.807) is 11.9 Å². The van der Waals surface area contributed by atoms with Crippen molar-refractivity contribution in [1.29, 1.82) is 0 Å². The summed E-state index contributed by atoms with van der Waals surface area (Å²) in [6, 6.07) is -0.535. The van der Waals surface area contributed by atoms with E-state index in [4.69, 9.17) is 10.5 Å². The van der Waals surface area contributed by atoms with Crippen molar-refractivity contribution in [2.75, 3.05) is 39.9 Å². The maximum Gasteiger partial charge on any atom is 0.242 e. The maximum absolute atomic E-state index is 12.1. The number of carbonyl (C=O) groups is 2. The Morgan fingerprint density at radius 2 is 1.95 bits per heavy atom. The van der Waals surface area contributed by atoms with Crippen LogP contribution in [0.2, 0.25) is 0 Å². The number of morpholine rings is 1. The lowest BCUT2D eigenvalue weighted by atomic mass is 9.99. The lowest BCUT2D eigenvalue weighted by Gasteiger charge is -2.30. The third kappa shape index (κ3) is 4.47. The average Bonchev–Trinajstić information content (AvgIpc) is 2.45. The van der Waals surface area contributed by atoms with E-state index in [1.807, 2.05) is 13.8 Å². The summed E-state index contributed by atoms with van der Waals surface area (Å²) in [4.78, 5) is 27.2. The van der Waals surface area contributed by atoms with Crippen LogP contribution in [-0.4, -0.2) is 67.6 Å². The van der Waals surface area contributed by atoms with Gasteiger partial charge in [0.2, 0.25) is 11.8 Å². The molecule has 0 spiro atoms. The molecule has 2 N–H and O–H groups in total. The van der Waals surface area contributed by atoms with E-state index in [1.165, 1.54) is 4.90 Å². The highest BCUT2D eigenvalue weighted by molar-refractivity contribution is 5.87. The zero-order valence-corrected chi connectivity index (χ0v) is 12.1. The maximum atomic E-state index is 12.1. The molecule has 1 fully saturated rings. The number of likely N-dealkylation sites (N-methyl/N-ethyl adjacent to an activating group) is 1. The van der Waals surface area contributed by atoms with Gasteiger partial charge in [0.05, 0.1) is 25.8 Å². The number of nitrogens with two attached hydrogens (primary N) is 1. The molecule has 2 atom stereocenters. The smallest absolute Gasteiger partial charge is 0.242 e. The van der Waals surface area contributed by atoms with E-state index >= 15 is 0 Å². The lowest BCUT2D eigenvalue weighted by molar-refractivity contribution is -0.142. The molecule has 1 aliphatic heterocycles. The molecule has 0 radical (unpaired) electrons. The second-order valence-electron chi connectivity index (χ2n) is 5.10. The SMILES string of the molecule is CCC(C)C(N)C(=O)N(C)CC(=O)N1CCOCC1. The second kappa shape index (κ2) is 7.45. The van der Waals surface area contributed by atoms with Gasteiger partial charge in [0.1, 0.15) is 0 Å². The fourth-order valence-corrected chi connectivity index (χ4v) is 1.95. The Morgan fingerprint density at radius 1 is 1.37 bits per heavy atom. The molecule has 0 aliphatic carbocycles. The van der Waals surface area contributed by atoms with Crippen molar-refractivity contribution in [1.82, 2.24) is 9.80 Å². The van der Waals surface area contributed by atoms with Crippen molar-refractivity contribution in [3.05, 3.63) is 0 Å². The van der Waals surface area contributed by atoms with Crippen LogP contribution in [0.1, 0.15) is 20.3 Å². The van der Waals surface area contributed by atoms with Crippen LogP contribution in [0.5, 0.6) is 0 Å². The lowest BCUT2D eigenvalue weighted by Crippen LogP contribution is -2.50. The summed E-state index contributed by atoms with van der Waals surface area (Å²) in [5.41, 5.74) is 5.89. The monoisotopic (exact) mass is 271 g/mol. The zero-order chi connectivity index (χ0) is 14.4. The molecule has 2 amide bonds. The van der Waals surface area contributed by atoms with Crippen molar-refractivity contribution < 1.29 is 14.3 Å². The highest BCUT2D eigenvalue weighted by Crippen LogP contribution is 2.08. The molecule has 6 nitrogen and oxygen atoms in total. The Bertz CT molecular complexity index is 316. The first-order chi connectivity index (χ1) is 8.97. The normalized spacial score (nSPS) is 18.8. The molecule has 1 aliphatic rings. The number of nitrogens with zero attached hydrogens (tertiary/aromatic N) is 2. The molecule has 2 unspecified atom stereocenters. The van der Waals surface area contributed by atoms with Crippen LogP contribution >= 0.6 is 0 Å². The van der Waals surface area contributed by atoms with Gasteiger partial charge in [0.25, 0.3) is 0 Å². The molecule has 6 heteroatoms. The van der Waals surface area contributed by atoms with Crippen molar-refractivity contribution >= 4 is 11.8 Å². The van der Waals surface area contributed by atoms with Gasteiger partial charge in [-0.3, -0.25) is 9.59 Å². The highest BCUT2D eigenvalue weighted by Gasteiger charge is 2.25. The minimum atomic E-state index is -0.535. The van der Waals surface area contributed by atoms with Crippen molar-refractivity contribution in [2.24, 2.45) is 11.7 Å². The van der Waals surface area contributed by atoms with Crippen LogP contribution in [0, 0.1) is 5.92 Å². The molecular weight excluding hydrogens is 246 g/mol. The predicted molar refractivity (Wildman–Crippen MR) is 72.5 cm³/mol. The van der Waals surface area contributed by atoms with Gasteiger partial charge in [-0.25, -0.2) is 0 Å². The van der Waals surface area contributed by atoms with Crippen molar-refractivity contribution in [3.8, 4) is 0 Å². The van der Waals surface area contributed by atoms with E-state index in [9.17, 15) is 9.59 Å². The minimum Gasteiger partial charge on any atom is -0.378 e.